The van der Waals surface area contributed by atoms with E-state index in [9.17, 15) is 0 Å². The molecule has 0 aromatic heterocycles. The Bertz CT molecular complexity index is 2970. The van der Waals surface area contributed by atoms with E-state index >= 15 is 0 Å². The van der Waals surface area contributed by atoms with E-state index in [-0.39, 0.29) is 6.04 Å². The number of nitrogens with one attached hydrogen (secondary N) is 1. The van der Waals surface area contributed by atoms with Gasteiger partial charge < -0.3 is 5.32 Å². The summed E-state index contributed by atoms with van der Waals surface area (Å²) in [4.78, 5) is 0. The molecule has 0 amide bonds. The van der Waals surface area contributed by atoms with Crippen molar-refractivity contribution in [1.82, 2.24) is 5.32 Å². The normalized spacial score (nSPS) is 15.6. The van der Waals surface area contributed by atoms with Gasteiger partial charge in [0.05, 0.1) is 11.5 Å². The molecule has 0 bridgehead atoms. The van der Waals surface area contributed by atoms with Gasteiger partial charge in [0.15, 0.2) is 0 Å². The number of allylic oxidation sites excluding steroid dienone is 2. The summed E-state index contributed by atoms with van der Waals surface area (Å²) in [6.07, 6.45) is 4.81. The standard InChI is InChI=1S/C54H37N/c1-3-20-44(21-4-1)54(45-22-5-2-6-23-45)48-26-14-13-25-47(48)52-49(54)33-41-19-11-12-24-46(41)53(52)51-35-43(40-29-27-36-15-7-9-17-38(36)31-40)34-50(55-51)42-30-28-37-16-8-10-18-39(37)32-42/h1-35,51,55H. The molecule has 1 nitrogen and oxygen atoms in total. The number of dihydropyridines is 1. The Morgan fingerprint density at radius 2 is 0.964 bits per heavy atom. The Morgan fingerprint density at radius 1 is 0.418 bits per heavy atom. The summed E-state index contributed by atoms with van der Waals surface area (Å²) in [6.45, 7) is 0. The molecule has 9 aromatic rings. The smallest absolute Gasteiger partial charge is 0.0719 e. The predicted molar refractivity (Wildman–Crippen MR) is 231 cm³/mol. The van der Waals surface area contributed by atoms with Crippen LogP contribution in [0, 0.1) is 0 Å². The average Bonchev–Trinajstić information content (AvgIpc) is 3.56. The molecule has 55 heavy (non-hydrogen) atoms. The molecule has 2 aliphatic rings. The monoisotopic (exact) mass is 699 g/mol. The van der Waals surface area contributed by atoms with Gasteiger partial charge in [-0.25, -0.2) is 0 Å². The van der Waals surface area contributed by atoms with Crippen LogP contribution in [0.25, 0.3) is 54.7 Å². The summed E-state index contributed by atoms with van der Waals surface area (Å²) >= 11 is 0. The summed E-state index contributed by atoms with van der Waals surface area (Å²) < 4.78 is 0. The maximum Gasteiger partial charge on any atom is 0.0719 e. The van der Waals surface area contributed by atoms with Gasteiger partial charge in [0.1, 0.15) is 0 Å². The summed E-state index contributed by atoms with van der Waals surface area (Å²) in [5.41, 5.74) is 13.3. The molecule has 0 radical (unpaired) electrons. The van der Waals surface area contributed by atoms with E-state index in [4.69, 9.17) is 0 Å². The van der Waals surface area contributed by atoms with Crippen molar-refractivity contribution in [3.8, 4) is 11.1 Å². The zero-order valence-electron chi connectivity index (χ0n) is 30.3. The SMILES string of the molecule is C1=C(c2ccc3ccccc3c2)C=C(c2ccc3ccccc3c2)NC1c1c2c(cc3ccccc13)C(c1ccccc1)(c1ccccc1)c1ccccc1-2. The van der Waals surface area contributed by atoms with Crippen LogP contribution in [0.2, 0.25) is 0 Å². The van der Waals surface area contributed by atoms with Gasteiger partial charge in [0.2, 0.25) is 0 Å². The fraction of sp³-hybridized carbons (Fsp3) is 0.0370. The molecule has 258 valence electrons. The molecule has 0 saturated carbocycles. The Balaban J connectivity index is 1.21. The minimum atomic E-state index is -0.496. The van der Waals surface area contributed by atoms with E-state index < -0.39 is 5.41 Å². The third-order valence-electron chi connectivity index (χ3n) is 11.9. The van der Waals surface area contributed by atoms with Crippen LogP contribution in [0.1, 0.15) is 45.0 Å². The Hall–Kier alpha value is -6.96. The summed E-state index contributed by atoms with van der Waals surface area (Å²) in [7, 11) is 0. The summed E-state index contributed by atoms with van der Waals surface area (Å²) in [6, 6.07) is 73.7. The third kappa shape index (κ3) is 4.94. The predicted octanol–water partition coefficient (Wildman–Crippen LogP) is 13.3. The van der Waals surface area contributed by atoms with E-state index in [2.05, 4.69) is 218 Å². The van der Waals surface area contributed by atoms with Crippen molar-refractivity contribution in [2.75, 3.05) is 0 Å². The van der Waals surface area contributed by atoms with Crippen LogP contribution in [0.4, 0.5) is 0 Å². The molecule has 1 aliphatic carbocycles. The maximum absolute atomic E-state index is 4.13. The van der Waals surface area contributed by atoms with Crippen molar-refractivity contribution < 1.29 is 0 Å². The molecule has 0 fully saturated rings. The highest BCUT2D eigenvalue weighted by Gasteiger charge is 2.47. The highest BCUT2D eigenvalue weighted by atomic mass is 14.9. The molecule has 1 heteroatoms. The summed E-state index contributed by atoms with van der Waals surface area (Å²) in [5.74, 6) is 0. The molecule has 1 aliphatic heterocycles. The second kappa shape index (κ2) is 12.6. The summed E-state index contributed by atoms with van der Waals surface area (Å²) in [5, 5.41) is 11.6. The van der Waals surface area contributed by atoms with Crippen LogP contribution in [0.3, 0.4) is 0 Å². The van der Waals surface area contributed by atoms with E-state index in [1.165, 1.54) is 88.0 Å². The first kappa shape index (κ1) is 31.6. The van der Waals surface area contributed by atoms with Gasteiger partial charge in [-0.2, -0.15) is 0 Å². The third-order valence-corrected chi connectivity index (χ3v) is 11.9. The molecule has 11 rings (SSSR count). The largest absolute Gasteiger partial charge is 0.374 e. The molecule has 9 aromatic carbocycles. The van der Waals surface area contributed by atoms with E-state index in [1.807, 2.05) is 0 Å². The molecule has 0 saturated heterocycles. The first-order chi connectivity index (χ1) is 27.3. The van der Waals surface area contributed by atoms with Crippen molar-refractivity contribution in [2.45, 2.75) is 11.5 Å². The van der Waals surface area contributed by atoms with Gasteiger partial charge in [0.25, 0.3) is 0 Å². The fourth-order valence-electron chi connectivity index (χ4n) is 9.48. The first-order valence-electron chi connectivity index (χ1n) is 19.2. The average molecular weight is 700 g/mol. The molecule has 0 spiro atoms. The number of hydrogen-bond acceptors (Lipinski definition) is 1. The second-order valence-electron chi connectivity index (χ2n) is 14.9. The maximum atomic E-state index is 4.13. The molecule has 1 heterocycles. The molecule has 1 unspecified atom stereocenters. The highest BCUT2D eigenvalue weighted by molar-refractivity contribution is 6.01. The van der Waals surface area contributed by atoms with Gasteiger partial charge in [-0.15, -0.1) is 0 Å². The topological polar surface area (TPSA) is 12.0 Å². The quantitative estimate of drug-likeness (QED) is 0.189. The number of fused-ring (bicyclic) bond motifs is 6. The van der Waals surface area contributed by atoms with Gasteiger partial charge in [-0.3, -0.25) is 0 Å². The van der Waals surface area contributed by atoms with Crippen LogP contribution in [-0.4, -0.2) is 0 Å². The van der Waals surface area contributed by atoms with Crippen LogP contribution >= 0.6 is 0 Å². The van der Waals surface area contributed by atoms with E-state index in [0.29, 0.717) is 0 Å². The molecular formula is C54H37N. The van der Waals surface area contributed by atoms with Gasteiger partial charge in [0, 0.05) is 5.70 Å². The van der Waals surface area contributed by atoms with Crippen LogP contribution < -0.4 is 5.32 Å². The van der Waals surface area contributed by atoms with Crippen LogP contribution in [-0.2, 0) is 5.41 Å². The minimum absolute atomic E-state index is 0.122. The van der Waals surface area contributed by atoms with Crippen molar-refractivity contribution in [3.05, 3.63) is 251 Å². The van der Waals surface area contributed by atoms with Crippen molar-refractivity contribution in [3.63, 3.8) is 0 Å². The van der Waals surface area contributed by atoms with Crippen molar-refractivity contribution >= 4 is 43.6 Å². The van der Waals surface area contributed by atoms with Crippen LogP contribution in [0.5, 0.6) is 0 Å². The first-order valence-corrected chi connectivity index (χ1v) is 19.2. The lowest BCUT2D eigenvalue weighted by molar-refractivity contribution is 0.757. The van der Waals surface area contributed by atoms with Gasteiger partial charge >= 0.3 is 0 Å². The second-order valence-corrected chi connectivity index (χ2v) is 14.9. The minimum Gasteiger partial charge on any atom is -0.374 e. The van der Waals surface area contributed by atoms with Gasteiger partial charge in [-0.05, 0) is 118 Å². The lowest BCUT2D eigenvalue weighted by Gasteiger charge is -2.34. The van der Waals surface area contributed by atoms with E-state index in [1.54, 1.807) is 0 Å². The lowest BCUT2D eigenvalue weighted by Crippen LogP contribution is -2.29. The molecular weight excluding hydrogens is 663 g/mol. The molecule has 1 N–H and O–H groups in total. The van der Waals surface area contributed by atoms with Crippen molar-refractivity contribution in [1.29, 1.82) is 0 Å². The molecule has 1 atom stereocenters. The number of hydrogen-bond donors (Lipinski definition) is 1. The van der Waals surface area contributed by atoms with Crippen LogP contribution in [0.15, 0.2) is 212 Å². The van der Waals surface area contributed by atoms with E-state index in [0.717, 1.165) is 5.70 Å². The zero-order chi connectivity index (χ0) is 36.3. The van der Waals surface area contributed by atoms with Crippen molar-refractivity contribution in [2.24, 2.45) is 0 Å². The Kier molecular flexibility index (Phi) is 7.22. The van der Waals surface area contributed by atoms with Gasteiger partial charge in [-0.1, -0.05) is 182 Å². The zero-order valence-corrected chi connectivity index (χ0v) is 30.3. The Labute approximate surface area is 321 Å². The Morgan fingerprint density at radius 3 is 1.65 bits per heavy atom. The number of benzene rings is 9. The number of rotatable bonds is 5. The lowest BCUT2D eigenvalue weighted by atomic mass is 9.67. The highest BCUT2D eigenvalue weighted by Crippen LogP contribution is 2.59. The fourth-order valence-corrected chi connectivity index (χ4v) is 9.48.